The second kappa shape index (κ2) is 5.97. The van der Waals surface area contributed by atoms with Gasteiger partial charge in [0.15, 0.2) is 0 Å². The zero-order valence-corrected chi connectivity index (χ0v) is 13.2. The molecule has 1 saturated carbocycles. The second-order valence-electron chi connectivity index (χ2n) is 6.53. The number of hydrogen-bond acceptors (Lipinski definition) is 2. The molecule has 1 heterocycles. The van der Waals surface area contributed by atoms with Gasteiger partial charge in [0.25, 0.3) is 0 Å². The van der Waals surface area contributed by atoms with Gasteiger partial charge in [-0.15, -0.1) is 11.3 Å². The van der Waals surface area contributed by atoms with Crippen molar-refractivity contribution in [2.75, 3.05) is 0 Å². The highest BCUT2D eigenvalue weighted by atomic mass is 32.1. The maximum atomic E-state index is 3.86. The van der Waals surface area contributed by atoms with Crippen molar-refractivity contribution in [1.29, 1.82) is 0 Å². The molecule has 0 aromatic carbocycles. The van der Waals surface area contributed by atoms with E-state index in [0.717, 1.165) is 5.92 Å². The van der Waals surface area contributed by atoms with E-state index in [4.69, 9.17) is 0 Å². The molecule has 0 aliphatic heterocycles. The standard InChI is InChI=1S/C17H27NS/c1-12(14-7-3-4-8-14)18-13(2)17-11-15-9-5-6-10-16(15)19-17/h11-14,18H,3-10H2,1-2H3. The fourth-order valence-electron chi connectivity index (χ4n) is 3.80. The van der Waals surface area contributed by atoms with Crippen molar-refractivity contribution in [2.45, 2.75) is 77.3 Å². The summed E-state index contributed by atoms with van der Waals surface area (Å²) in [5, 5.41) is 3.86. The highest BCUT2D eigenvalue weighted by molar-refractivity contribution is 7.12. The summed E-state index contributed by atoms with van der Waals surface area (Å²) in [6, 6.07) is 3.70. The molecule has 0 bridgehead atoms. The predicted molar refractivity (Wildman–Crippen MR) is 83.9 cm³/mol. The Morgan fingerprint density at radius 2 is 1.84 bits per heavy atom. The largest absolute Gasteiger partial charge is 0.307 e. The van der Waals surface area contributed by atoms with Gasteiger partial charge in [0.05, 0.1) is 0 Å². The van der Waals surface area contributed by atoms with Gasteiger partial charge in [0.1, 0.15) is 0 Å². The number of fused-ring (bicyclic) bond motifs is 1. The van der Waals surface area contributed by atoms with Crippen molar-refractivity contribution >= 4 is 11.3 Å². The maximum absolute atomic E-state index is 3.86. The molecule has 106 valence electrons. The molecule has 1 aromatic heterocycles. The molecule has 0 amide bonds. The summed E-state index contributed by atoms with van der Waals surface area (Å²) < 4.78 is 0. The highest BCUT2D eigenvalue weighted by Crippen LogP contribution is 2.34. The van der Waals surface area contributed by atoms with Crippen LogP contribution in [0.5, 0.6) is 0 Å². The van der Waals surface area contributed by atoms with Crippen LogP contribution in [-0.4, -0.2) is 6.04 Å². The zero-order chi connectivity index (χ0) is 13.2. The Labute approximate surface area is 121 Å². The number of hydrogen-bond donors (Lipinski definition) is 1. The van der Waals surface area contributed by atoms with Crippen LogP contribution in [0.2, 0.25) is 0 Å². The SMILES string of the molecule is CC(NC(C)C1CCCC1)c1cc2c(s1)CCCC2. The average molecular weight is 277 g/mol. The Balaban J connectivity index is 1.62. The van der Waals surface area contributed by atoms with Crippen LogP contribution >= 0.6 is 11.3 Å². The van der Waals surface area contributed by atoms with Crippen molar-refractivity contribution in [3.05, 3.63) is 21.4 Å². The van der Waals surface area contributed by atoms with E-state index in [1.54, 1.807) is 15.3 Å². The lowest BCUT2D eigenvalue weighted by atomic mass is 9.97. The van der Waals surface area contributed by atoms with Crippen LogP contribution in [0.25, 0.3) is 0 Å². The normalized spacial score (nSPS) is 23.3. The third-order valence-corrected chi connectivity index (χ3v) is 6.48. The minimum atomic E-state index is 0.534. The van der Waals surface area contributed by atoms with Crippen molar-refractivity contribution in [1.82, 2.24) is 5.32 Å². The van der Waals surface area contributed by atoms with Crippen molar-refractivity contribution in [3.63, 3.8) is 0 Å². The molecule has 2 unspecified atom stereocenters. The molecule has 0 saturated heterocycles. The van der Waals surface area contributed by atoms with E-state index in [1.165, 1.54) is 51.4 Å². The number of aryl methyl sites for hydroxylation is 2. The molecule has 1 N–H and O–H groups in total. The maximum Gasteiger partial charge on any atom is 0.0388 e. The minimum Gasteiger partial charge on any atom is -0.307 e. The lowest BCUT2D eigenvalue weighted by Gasteiger charge is -2.24. The topological polar surface area (TPSA) is 12.0 Å². The van der Waals surface area contributed by atoms with E-state index >= 15 is 0 Å². The van der Waals surface area contributed by atoms with Gasteiger partial charge in [0, 0.05) is 21.8 Å². The number of thiophene rings is 1. The summed E-state index contributed by atoms with van der Waals surface area (Å²) >= 11 is 2.07. The van der Waals surface area contributed by atoms with Crippen LogP contribution in [0.1, 0.15) is 73.7 Å². The third-order valence-electron chi connectivity index (χ3n) is 5.06. The van der Waals surface area contributed by atoms with Gasteiger partial charge in [-0.2, -0.15) is 0 Å². The highest BCUT2D eigenvalue weighted by Gasteiger charge is 2.24. The monoisotopic (exact) mass is 277 g/mol. The van der Waals surface area contributed by atoms with Crippen LogP contribution in [0, 0.1) is 5.92 Å². The molecule has 2 heteroatoms. The van der Waals surface area contributed by atoms with Crippen molar-refractivity contribution in [3.8, 4) is 0 Å². The first kappa shape index (κ1) is 13.6. The zero-order valence-electron chi connectivity index (χ0n) is 12.4. The van der Waals surface area contributed by atoms with Gasteiger partial charge >= 0.3 is 0 Å². The van der Waals surface area contributed by atoms with E-state index in [0.29, 0.717) is 12.1 Å². The minimum absolute atomic E-state index is 0.534. The summed E-state index contributed by atoms with van der Waals surface area (Å²) in [4.78, 5) is 3.24. The Bertz CT molecular complexity index is 393. The Morgan fingerprint density at radius 1 is 1.11 bits per heavy atom. The van der Waals surface area contributed by atoms with Crippen molar-refractivity contribution in [2.24, 2.45) is 5.92 Å². The van der Waals surface area contributed by atoms with Gasteiger partial charge in [-0.05, 0) is 69.9 Å². The molecule has 0 radical (unpaired) electrons. The molecule has 2 aliphatic carbocycles. The Morgan fingerprint density at radius 3 is 2.58 bits per heavy atom. The van der Waals surface area contributed by atoms with Gasteiger partial charge in [0.2, 0.25) is 0 Å². The molecule has 2 aliphatic rings. The van der Waals surface area contributed by atoms with Crippen LogP contribution < -0.4 is 5.32 Å². The van der Waals surface area contributed by atoms with Gasteiger partial charge in [-0.25, -0.2) is 0 Å². The summed E-state index contributed by atoms with van der Waals surface area (Å²) in [6.07, 6.45) is 11.2. The summed E-state index contributed by atoms with van der Waals surface area (Å²) in [5.74, 6) is 0.914. The molecular weight excluding hydrogens is 250 g/mol. The molecule has 0 spiro atoms. The van der Waals surface area contributed by atoms with Crippen LogP contribution in [0.4, 0.5) is 0 Å². The summed E-state index contributed by atoms with van der Waals surface area (Å²) in [6.45, 7) is 4.74. The molecular formula is C17H27NS. The first-order chi connectivity index (χ1) is 9.24. The number of nitrogens with one attached hydrogen (secondary N) is 1. The molecule has 1 aromatic rings. The van der Waals surface area contributed by atoms with Gasteiger partial charge in [-0.1, -0.05) is 12.8 Å². The first-order valence-corrected chi connectivity index (χ1v) is 8.93. The average Bonchev–Trinajstić information content (AvgIpc) is 3.07. The van der Waals surface area contributed by atoms with Gasteiger partial charge in [-0.3, -0.25) is 0 Å². The first-order valence-electron chi connectivity index (χ1n) is 8.11. The van der Waals surface area contributed by atoms with E-state index in [1.807, 2.05) is 0 Å². The van der Waals surface area contributed by atoms with Crippen molar-refractivity contribution < 1.29 is 0 Å². The van der Waals surface area contributed by atoms with Crippen LogP contribution in [-0.2, 0) is 12.8 Å². The molecule has 2 atom stereocenters. The second-order valence-corrected chi connectivity index (χ2v) is 7.69. The van der Waals surface area contributed by atoms with Gasteiger partial charge < -0.3 is 5.32 Å². The predicted octanol–water partition coefficient (Wildman–Crippen LogP) is 4.86. The van der Waals surface area contributed by atoms with E-state index in [9.17, 15) is 0 Å². The lowest BCUT2D eigenvalue weighted by Crippen LogP contribution is -2.34. The quantitative estimate of drug-likeness (QED) is 0.829. The Kier molecular flexibility index (Phi) is 4.28. The third kappa shape index (κ3) is 3.05. The summed E-state index contributed by atoms with van der Waals surface area (Å²) in [7, 11) is 0. The van der Waals surface area contributed by atoms with E-state index < -0.39 is 0 Å². The molecule has 19 heavy (non-hydrogen) atoms. The van der Waals surface area contributed by atoms with Crippen LogP contribution in [0.3, 0.4) is 0 Å². The molecule has 1 nitrogen and oxygen atoms in total. The smallest absolute Gasteiger partial charge is 0.0388 e. The molecule has 1 fully saturated rings. The van der Waals surface area contributed by atoms with Crippen LogP contribution in [0.15, 0.2) is 6.07 Å². The Hall–Kier alpha value is -0.340. The fraction of sp³-hybridized carbons (Fsp3) is 0.765. The number of rotatable bonds is 4. The fourth-order valence-corrected chi connectivity index (χ4v) is 5.07. The molecule has 3 rings (SSSR count). The lowest BCUT2D eigenvalue weighted by molar-refractivity contribution is 0.354. The van der Waals surface area contributed by atoms with E-state index in [2.05, 4.69) is 36.6 Å². The van der Waals surface area contributed by atoms with E-state index in [-0.39, 0.29) is 0 Å². The summed E-state index contributed by atoms with van der Waals surface area (Å²) in [5.41, 5.74) is 1.65.